The summed E-state index contributed by atoms with van der Waals surface area (Å²) in [5, 5.41) is 3.56. The molecule has 0 aliphatic rings. The average Bonchev–Trinajstić information content (AvgIpc) is 1.88. The van der Waals surface area contributed by atoms with Crippen LogP contribution in [0.4, 0.5) is 0 Å². The summed E-state index contributed by atoms with van der Waals surface area (Å²) in [5.74, 6) is 1.21. The minimum absolute atomic E-state index is 0.559. The molecule has 0 aromatic heterocycles. The van der Waals surface area contributed by atoms with E-state index in [0.717, 1.165) is 0 Å². The molecule has 0 bridgehead atoms. The molecule has 1 atom stereocenters. The third kappa shape index (κ3) is 4.36. The molecule has 0 fully saturated rings. The summed E-state index contributed by atoms with van der Waals surface area (Å²) in [7, 11) is 0. The Hall–Kier alpha value is -0.530. The van der Waals surface area contributed by atoms with Crippen LogP contribution in [0.5, 0.6) is 0 Å². The van der Waals surface area contributed by atoms with E-state index in [1.807, 2.05) is 0 Å². The first kappa shape index (κ1) is 9.47. The molecule has 0 aliphatic carbocycles. The molecule has 0 aromatic carbocycles. The molecule has 2 nitrogen and oxygen atoms in total. The van der Waals surface area contributed by atoms with E-state index in [-0.39, 0.29) is 0 Å². The van der Waals surface area contributed by atoms with E-state index in [0.29, 0.717) is 18.4 Å². The molecule has 10 heavy (non-hydrogen) atoms. The minimum atomic E-state index is 0.559. The quantitative estimate of drug-likeness (QED) is 0.435. The zero-order valence-corrected chi connectivity index (χ0v) is 7.00. The molecular weight excluding hydrogens is 126 g/mol. The molecular formula is C8H16NO. The van der Waals surface area contributed by atoms with Crippen LogP contribution in [0.2, 0.25) is 0 Å². The Balaban J connectivity index is 3.30. The fourth-order valence-electron chi connectivity index (χ4n) is 0.406. The van der Waals surface area contributed by atoms with E-state index in [1.165, 1.54) is 6.21 Å². The van der Waals surface area contributed by atoms with E-state index in [2.05, 4.69) is 32.9 Å². The predicted octanol–water partition coefficient (Wildman–Crippen LogP) is 2.11. The molecule has 2 heteroatoms. The van der Waals surface area contributed by atoms with Crippen molar-refractivity contribution in [2.75, 3.05) is 6.61 Å². The molecule has 0 rings (SSSR count). The van der Waals surface area contributed by atoms with Crippen molar-refractivity contribution < 1.29 is 4.84 Å². The van der Waals surface area contributed by atoms with Crippen LogP contribution < -0.4 is 0 Å². The van der Waals surface area contributed by atoms with Gasteiger partial charge in [-0.2, -0.15) is 0 Å². The normalized spacial score (nSPS) is 14.5. The number of rotatable bonds is 4. The molecule has 0 saturated carbocycles. The van der Waals surface area contributed by atoms with E-state index in [9.17, 15) is 0 Å². The first-order valence-electron chi connectivity index (χ1n) is 3.61. The van der Waals surface area contributed by atoms with Crippen molar-refractivity contribution in [3.05, 3.63) is 6.92 Å². The van der Waals surface area contributed by atoms with Crippen LogP contribution in [0.3, 0.4) is 0 Å². The van der Waals surface area contributed by atoms with Crippen LogP contribution >= 0.6 is 0 Å². The first-order valence-corrected chi connectivity index (χ1v) is 3.61. The zero-order valence-electron chi connectivity index (χ0n) is 7.00. The Kier molecular flexibility index (Phi) is 4.99. The van der Waals surface area contributed by atoms with Crippen molar-refractivity contribution >= 4 is 6.21 Å². The van der Waals surface area contributed by atoms with Crippen molar-refractivity contribution in [1.29, 1.82) is 0 Å². The minimum Gasteiger partial charge on any atom is -0.396 e. The second kappa shape index (κ2) is 5.27. The van der Waals surface area contributed by atoms with E-state index < -0.39 is 0 Å². The maximum atomic E-state index is 4.91. The fraction of sp³-hybridized carbons (Fsp3) is 0.750. The highest BCUT2D eigenvalue weighted by molar-refractivity contribution is 5.60. The van der Waals surface area contributed by atoms with Gasteiger partial charge in [-0.1, -0.05) is 25.9 Å². The standard InChI is InChI=1S/C8H16NO/c1-5-9-10-6-8(4)7(2)3/h5,7-8H,1,6H2,2-4H3. The summed E-state index contributed by atoms with van der Waals surface area (Å²) in [4.78, 5) is 4.91. The summed E-state index contributed by atoms with van der Waals surface area (Å²) in [6.07, 6.45) is 1.41. The van der Waals surface area contributed by atoms with E-state index in [4.69, 9.17) is 4.84 Å². The largest absolute Gasteiger partial charge is 0.396 e. The maximum Gasteiger partial charge on any atom is 0.119 e. The SMILES string of the molecule is [CH2]C=NOCC(C)C(C)C. The van der Waals surface area contributed by atoms with Gasteiger partial charge < -0.3 is 4.84 Å². The molecule has 0 saturated heterocycles. The van der Waals surface area contributed by atoms with Crippen LogP contribution in [0, 0.1) is 18.8 Å². The van der Waals surface area contributed by atoms with Gasteiger partial charge in [0.15, 0.2) is 0 Å². The molecule has 0 aromatic rings. The third-order valence-corrected chi connectivity index (χ3v) is 1.62. The Morgan fingerprint density at radius 3 is 2.50 bits per heavy atom. The van der Waals surface area contributed by atoms with Crippen LogP contribution in [-0.4, -0.2) is 12.8 Å². The van der Waals surface area contributed by atoms with Gasteiger partial charge in [0, 0.05) is 6.21 Å². The lowest BCUT2D eigenvalue weighted by molar-refractivity contribution is 0.0978. The number of hydrogen-bond donors (Lipinski definition) is 0. The van der Waals surface area contributed by atoms with Gasteiger partial charge >= 0.3 is 0 Å². The van der Waals surface area contributed by atoms with Crippen LogP contribution in [0.1, 0.15) is 20.8 Å². The van der Waals surface area contributed by atoms with Gasteiger partial charge in [0.1, 0.15) is 6.61 Å². The van der Waals surface area contributed by atoms with E-state index >= 15 is 0 Å². The fourth-order valence-corrected chi connectivity index (χ4v) is 0.406. The highest BCUT2D eigenvalue weighted by Crippen LogP contribution is 2.09. The van der Waals surface area contributed by atoms with Gasteiger partial charge in [-0.15, -0.1) is 0 Å². The summed E-state index contributed by atoms with van der Waals surface area (Å²) in [6.45, 7) is 10.6. The summed E-state index contributed by atoms with van der Waals surface area (Å²) < 4.78 is 0. The molecule has 1 radical (unpaired) electrons. The third-order valence-electron chi connectivity index (χ3n) is 1.62. The van der Waals surface area contributed by atoms with Crippen molar-refractivity contribution in [3.8, 4) is 0 Å². The van der Waals surface area contributed by atoms with Crippen LogP contribution in [0.15, 0.2) is 5.16 Å². The molecule has 0 N–H and O–H groups in total. The Morgan fingerprint density at radius 2 is 2.10 bits per heavy atom. The molecule has 59 valence electrons. The molecule has 0 spiro atoms. The topological polar surface area (TPSA) is 21.6 Å². The number of nitrogens with zero attached hydrogens (tertiary/aromatic N) is 1. The van der Waals surface area contributed by atoms with Crippen LogP contribution in [-0.2, 0) is 4.84 Å². The second-order valence-electron chi connectivity index (χ2n) is 2.81. The summed E-state index contributed by atoms with van der Waals surface area (Å²) >= 11 is 0. The lowest BCUT2D eigenvalue weighted by atomic mass is 10.00. The molecule has 0 amide bonds. The lowest BCUT2D eigenvalue weighted by Crippen LogP contribution is -2.09. The van der Waals surface area contributed by atoms with Gasteiger partial charge in [0.2, 0.25) is 0 Å². The van der Waals surface area contributed by atoms with Gasteiger partial charge in [-0.25, -0.2) is 0 Å². The van der Waals surface area contributed by atoms with E-state index in [1.54, 1.807) is 0 Å². The molecule has 1 unspecified atom stereocenters. The Labute approximate surface area is 63.3 Å². The Bertz CT molecular complexity index is 99.4. The lowest BCUT2D eigenvalue weighted by Gasteiger charge is -2.12. The zero-order chi connectivity index (χ0) is 7.98. The van der Waals surface area contributed by atoms with Gasteiger partial charge in [-0.05, 0) is 18.8 Å². The van der Waals surface area contributed by atoms with Crippen molar-refractivity contribution in [2.24, 2.45) is 17.0 Å². The number of hydrogen-bond acceptors (Lipinski definition) is 2. The van der Waals surface area contributed by atoms with Gasteiger partial charge in [0.05, 0.1) is 0 Å². The summed E-state index contributed by atoms with van der Waals surface area (Å²) in [5.41, 5.74) is 0. The van der Waals surface area contributed by atoms with Crippen molar-refractivity contribution in [1.82, 2.24) is 0 Å². The monoisotopic (exact) mass is 142 g/mol. The highest BCUT2D eigenvalue weighted by atomic mass is 16.6. The van der Waals surface area contributed by atoms with Crippen molar-refractivity contribution in [2.45, 2.75) is 20.8 Å². The van der Waals surface area contributed by atoms with Crippen molar-refractivity contribution in [3.63, 3.8) is 0 Å². The second-order valence-corrected chi connectivity index (χ2v) is 2.81. The average molecular weight is 142 g/mol. The van der Waals surface area contributed by atoms with Gasteiger partial charge in [0.25, 0.3) is 0 Å². The van der Waals surface area contributed by atoms with Gasteiger partial charge in [-0.3, -0.25) is 0 Å². The molecule has 0 aliphatic heterocycles. The smallest absolute Gasteiger partial charge is 0.119 e. The summed E-state index contributed by atoms with van der Waals surface area (Å²) in [6, 6.07) is 0. The number of oxime groups is 1. The maximum absolute atomic E-state index is 4.91. The highest BCUT2D eigenvalue weighted by Gasteiger charge is 2.06. The Morgan fingerprint density at radius 1 is 1.50 bits per heavy atom. The molecule has 0 heterocycles. The predicted molar refractivity (Wildman–Crippen MR) is 43.8 cm³/mol. The first-order chi connectivity index (χ1) is 4.68. The van der Waals surface area contributed by atoms with Crippen LogP contribution in [0.25, 0.3) is 0 Å².